The Hall–Kier alpha value is -14.1. The quantitative estimate of drug-likeness (QED) is 0.00272. The third kappa shape index (κ3) is 48.6. The number of aromatic hydroxyl groups is 1. The van der Waals surface area contributed by atoms with Gasteiger partial charge < -0.3 is 82.9 Å². The molecular formula is C92H116Cl6N26NaO16P. The number of halogens is 6. The zero-order valence-electron chi connectivity index (χ0n) is 74.5. The maximum absolute atomic E-state index is 12.1. The summed E-state index contributed by atoms with van der Waals surface area (Å²) in [6.07, 6.45) is 14.9. The first-order valence-corrected chi connectivity index (χ1v) is 45.4. The molecule has 0 unspecified atom stereocenters. The number of carbonyl (C=O) groups is 7. The zero-order valence-corrected chi connectivity index (χ0v) is 81.9. The van der Waals surface area contributed by atoms with Crippen LogP contribution in [0.15, 0.2) is 181 Å². The van der Waals surface area contributed by atoms with Crippen LogP contribution in [0.3, 0.4) is 0 Å². The summed E-state index contributed by atoms with van der Waals surface area (Å²) in [5.41, 5.74) is 26.6. The number of esters is 4. The van der Waals surface area contributed by atoms with Crippen molar-refractivity contribution < 1.29 is 102 Å². The first-order valence-electron chi connectivity index (χ1n) is 39.9. The molecule has 1 saturated carbocycles. The molecule has 42 nitrogen and oxygen atoms in total. The van der Waals surface area contributed by atoms with Gasteiger partial charge in [-0.1, -0.05) is 142 Å². The summed E-state index contributed by atoms with van der Waals surface area (Å²) in [6, 6.07) is 44.4. The van der Waals surface area contributed by atoms with Crippen molar-refractivity contribution in [2.75, 3.05) is 79.3 Å². The van der Waals surface area contributed by atoms with E-state index in [9.17, 15) is 58.4 Å². The average Bonchev–Trinajstić information content (AvgIpc) is 0.824. The predicted octanol–water partition coefficient (Wildman–Crippen LogP) is 14.1. The minimum Gasteiger partial charge on any atom is -0.855 e. The van der Waals surface area contributed by atoms with Crippen molar-refractivity contribution in [3.05, 3.63) is 258 Å². The Morgan fingerprint density at radius 1 is 0.570 bits per heavy atom. The summed E-state index contributed by atoms with van der Waals surface area (Å²) in [6.45, 7) is 23.0. The summed E-state index contributed by atoms with van der Waals surface area (Å²) in [7, 11) is 0. The number of carbonyl (C=O) groups excluding carboxylic acids is 6. The number of nitrogens with zero attached hydrogens (tertiary/aromatic N) is 18. The fourth-order valence-corrected chi connectivity index (χ4v) is 11.3. The number of nitrogens with two attached hydrogens (primary N) is 4. The largest absolute Gasteiger partial charge is 1.00 e. The summed E-state index contributed by atoms with van der Waals surface area (Å²) in [5, 5.41) is 93.4. The molecule has 758 valence electrons. The molecule has 7 aromatic heterocycles. The van der Waals surface area contributed by atoms with E-state index in [1.165, 1.54) is 44.4 Å². The fourth-order valence-electron chi connectivity index (χ4n) is 10.6. The number of hydrogen-bond donors (Lipinski definition) is 10. The van der Waals surface area contributed by atoms with Crippen molar-refractivity contribution in [1.82, 2.24) is 64.9 Å². The van der Waals surface area contributed by atoms with E-state index in [0.29, 0.717) is 28.6 Å². The van der Waals surface area contributed by atoms with Crippen LogP contribution in [0.25, 0.3) is 21.9 Å². The van der Waals surface area contributed by atoms with Crippen molar-refractivity contribution in [3.63, 3.8) is 0 Å². The molecule has 4 aromatic carbocycles. The van der Waals surface area contributed by atoms with E-state index in [1.807, 2.05) is 59.6 Å². The van der Waals surface area contributed by atoms with Gasteiger partial charge in [0, 0.05) is 47.9 Å². The Balaban J connectivity index is -0.000000512. The predicted molar refractivity (Wildman–Crippen MR) is 545 cm³/mol. The van der Waals surface area contributed by atoms with Crippen LogP contribution in [0.1, 0.15) is 189 Å². The number of aromatic carboxylic acids is 1. The first kappa shape index (κ1) is 136. The number of allylic oxidation sites excluding steroid dienone is 1. The second kappa shape index (κ2) is 73.9. The fraction of sp³-hybridized carbons (Fsp3) is 0.304. The number of amides is 2. The van der Waals surface area contributed by atoms with Crippen LogP contribution < -0.4 is 84.0 Å². The van der Waals surface area contributed by atoms with Crippen LogP contribution in [-0.4, -0.2) is 182 Å². The van der Waals surface area contributed by atoms with Crippen molar-refractivity contribution in [1.29, 1.82) is 21.0 Å². The number of primary amides is 2. The monoisotopic (exact) mass is 2100 g/mol. The van der Waals surface area contributed by atoms with Gasteiger partial charge in [0.25, 0.3) is 23.9 Å². The third-order valence-electron chi connectivity index (χ3n) is 16.5. The van der Waals surface area contributed by atoms with Gasteiger partial charge in [0.1, 0.15) is 79.5 Å². The van der Waals surface area contributed by atoms with Gasteiger partial charge in [-0.2, -0.15) is 66.0 Å². The molecule has 50 heteroatoms. The number of aromatic amines is 1. The van der Waals surface area contributed by atoms with E-state index in [0.717, 1.165) is 56.2 Å². The van der Waals surface area contributed by atoms with Gasteiger partial charge >= 0.3 is 64.6 Å². The summed E-state index contributed by atoms with van der Waals surface area (Å²) in [5.74, 6) is -5.08. The Bertz CT molecular complexity index is 6070. The van der Waals surface area contributed by atoms with Crippen LogP contribution in [0.2, 0.25) is 15.5 Å². The maximum atomic E-state index is 12.1. The molecule has 0 aliphatic heterocycles. The number of carboxylic acids is 1. The van der Waals surface area contributed by atoms with Gasteiger partial charge in [0.15, 0.2) is 0 Å². The molecule has 1 aliphatic carbocycles. The van der Waals surface area contributed by atoms with Crippen LogP contribution >= 0.6 is 73.7 Å². The number of aromatic nitrogens is 13. The molecule has 14 N–H and O–H groups in total. The Morgan fingerprint density at radius 2 is 0.965 bits per heavy atom. The molecule has 0 bridgehead atoms. The number of nitriles is 4. The number of H-pyrrole nitrogens is 1. The van der Waals surface area contributed by atoms with Crippen molar-refractivity contribution in [3.8, 4) is 47.2 Å². The Labute approximate surface area is 876 Å². The molecule has 142 heavy (non-hydrogen) atoms. The molecule has 1 aliphatic rings. The maximum Gasteiger partial charge on any atom is 1.00 e. The second-order valence-corrected chi connectivity index (χ2v) is 33.4. The van der Waals surface area contributed by atoms with Crippen molar-refractivity contribution in [2.45, 2.75) is 138 Å². The number of carboxylic acid groups (broad SMARTS) is 1. The topological polar surface area (TPSA) is 644 Å². The minimum absolute atomic E-state index is 0. The van der Waals surface area contributed by atoms with E-state index in [-0.39, 0.29) is 203 Å². The Morgan fingerprint density at radius 3 is 1.35 bits per heavy atom. The number of para-hydroxylation sites is 1. The number of benzene rings is 4. The normalized spacial score (nSPS) is 10.9. The molecule has 0 saturated heterocycles. The van der Waals surface area contributed by atoms with E-state index < -0.39 is 58.3 Å². The third-order valence-corrected chi connectivity index (χ3v) is 17.4. The van der Waals surface area contributed by atoms with Gasteiger partial charge in [-0.25, -0.2) is 45.5 Å². The minimum atomic E-state index is -3.22. The van der Waals surface area contributed by atoms with Gasteiger partial charge in [0.2, 0.25) is 5.88 Å². The Kier molecular flexibility index (Phi) is 71.0. The molecule has 0 spiro atoms. The van der Waals surface area contributed by atoms with E-state index in [1.54, 1.807) is 121 Å². The number of hydrogen-bond acceptors (Lipinski definition) is 34. The molecule has 2 amide bonds. The average molecular weight is 2110 g/mol. The summed E-state index contributed by atoms with van der Waals surface area (Å²) >= 11 is 31.0. The molecule has 11 aromatic rings. The summed E-state index contributed by atoms with van der Waals surface area (Å²) in [4.78, 5) is 112. The SMILES string of the molecule is C.C.C.C.C.C.CC=C(C(=O)OCC)C(=O)OCC.CCN(CC)c1ccccc1.CCOC(=O)c1cc(C#N)c(=O)[nH]c1O.CCOC(=O)c1cc(C#N)c(Cl)nc1Cl.CC[O-].N#Cc1cc(C(=O)O)c(Nc2cccc(-n3nccn3)c2)nc1Cl.N#Cc1cc(C(N)=O)c(Nc2cccc(-n3nccn3)c2)nc1N[C@@H]1CCCC[C@@H]1N.Nc1cccc(-n2nccn2)c1.O=P(Cl)(Cl)Cl.[C-]#[N+]CC(N)=O.[Na+]. The molecule has 7 heterocycles. The van der Waals surface area contributed by atoms with Crippen LogP contribution in [-0.2, 0) is 37.9 Å². The molecule has 0 radical (unpaired) electrons. The molecular weight excluding hydrogens is 1990 g/mol. The van der Waals surface area contributed by atoms with E-state index in [2.05, 4.69) is 169 Å². The van der Waals surface area contributed by atoms with Gasteiger partial charge in [-0.3, -0.25) is 23.9 Å². The second-order valence-electron chi connectivity index (χ2n) is 25.7. The van der Waals surface area contributed by atoms with Gasteiger partial charge in [-0.05, 0) is 186 Å². The van der Waals surface area contributed by atoms with E-state index in [4.69, 9.17) is 84.2 Å². The zero-order chi connectivity index (χ0) is 101. The van der Waals surface area contributed by atoms with Gasteiger partial charge in [-0.15, -0.1) is 6.61 Å². The van der Waals surface area contributed by atoms with Crippen LogP contribution in [0.4, 0.5) is 40.2 Å². The van der Waals surface area contributed by atoms with Gasteiger partial charge in [0.05, 0.1) is 108 Å². The standard InChI is InChI=1S/C21H23N9O.C15H9ClN6O2.C10H15N.C9H6Cl2N2O2.C9H8N2O4.C9H14O4.C8H8N4.C3H4N2O.C2H5O.6CH4.Cl3OP.Na/c22-12-13-10-16(19(24)31)21(29-20(13)28-18-7-2-1-6-17(18)23)27-14-4-3-5-15(11-14)30-25-8-9-26-30;16-13-9(8-17)6-12(15(23)24)14(21-13)20-10-2-1-3-11(7-10)22-18-4-5-19-22;1-3-11(4-2)10-8-6-5-7-9-10;1-2-15-9(14)6-3-5(4-12)7(10)13-8(6)11;1-2-15-9(14)6-3-5(4-10)7(12)11-8(6)13;1-4-7(8(10)12-5-2)9(11)13-6-3;9-7-2-1-3-8(6-7)12-10-4-5-11-12;1-5-2-3(4)6;1-2-3;;;;;;;1-5(2,3)4;/h3-5,8-11,17-18H,1-2,6-7,23H2,(H2,24,31)(H2,27,28,29);1-7H,(H,20,21)(H,23,24);5-9H,3-4H2,1-2H3;3H,2H2,1H3;3H,2H2,1H3,(H2,11,12,13);4H,5-6H2,1-3H3;1-6H,9H2;2H2,(H2,4,6);2H2,1H3;6*1H4;;/q;;;;;;;;-1;;;;;;;;+1/t17-,18+;;;;;;;;;;;;;;;;/m0................/s1. The smallest absolute Gasteiger partial charge is 0.855 e. The number of anilines is 7. The summed E-state index contributed by atoms with van der Waals surface area (Å²) < 4.78 is 28.2. The molecule has 2 atom stereocenters. The number of pyridine rings is 4. The van der Waals surface area contributed by atoms with Crippen LogP contribution in [0.5, 0.6) is 5.88 Å². The molecule has 1 fully saturated rings. The van der Waals surface area contributed by atoms with Crippen molar-refractivity contribution >= 4 is 156 Å². The van der Waals surface area contributed by atoms with Crippen LogP contribution in [0, 0.1) is 51.9 Å². The number of nitrogens with one attached hydrogen (secondary N) is 4. The number of rotatable bonds is 23. The van der Waals surface area contributed by atoms with Crippen molar-refractivity contribution in [2.24, 2.45) is 17.2 Å². The van der Waals surface area contributed by atoms with E-state index >= 15 is 0 Å². The number of ether oxygens (including phenoxy) is 4. The molecule has 12 rings (SSSR count). The number of nitrogen functional groups attached to an aromatic ring is 1. The first-order chi connectivity index (χ1) is 64.4.